The van der Waals surface area contributed by atoms with Gasteiger partial charge in [0.15, 0.2) is 5.79 Å². The Labute approximate surface area is 105 Å². The molecule has 0 saturated carbocycles. The molecule has 1 aliphatic heterocycles. The van der Waals surface area contributed by atoms with E-state index in [4.69, 9.17) is 4.74 Å². The van der Waals surface area contributed by atoms with Gasteiger partial charge in [-0.3, -0.25) is 0 Å². The van der Waals surface area contributed by atoms with E-state index in [-0.39, 0.29) is 11.5 Å². The Bertz CT molecular complexity index is 345. The van der Waals surface area contributed by atoms with Crippen molar-refractivity contribution in [2.45, 2.75) is 66.8 Å². The van der Waals surface area contributed by atoms with Gasteiger partial charge in [0, 0.05) is 5.41 Å². The van der Waals surface area contributed by atoms with E-state index in [1.54, 1.807) is 6.92 Å². The van der Waals surface area contributed by atoms with Gasteiger partial charge in [0.1, 0.15) is 5.41 Å². The summed E-state index contributed by atoms with van der Waals surface area (Å²) in [6, 6.07) is 2.26. The second kappa shape index (κ2) is 3.70. The van der Waals surface area contributed by atoms with Gasteiger partial charge in [-0.2, -0.15) is 5.26 Å². The standard InChI is InChI=1S/C14H25NO2/c1-11(2,3)10-8-13(7,9-15)14(16,17-10)12(4,5)6/h10,16H,8H2,1-7H3/t10-,13-,14+/m0/s1. The molecule has 3 heteroatoms. The summed E-state index contributed by atoms with van der Waals surface area (Å²) in [5, 5.41) is 20.3. The zero-order chi connectivity index (χ0) is 13.7. The molecule has 0 aliphatic carbocycles. The Hall–Kier alpha value is -0.590. The first-order valence-corrected chi connectivity index (χ1v) is 6.19. The van der Waals surface area contributed by atoms with Crippen LogP contribution in [0.1, 0.15) is 54.9 Å². The summed E-state index contributed by atoms with van der Waals surface area (Å²) in [5.74, 6) is -1.40. The van der Waals surface area contributed by atoms with E-state index in [2.05, 4.69) is 26.8 Å². The summed E-state index contributed by atoms with van der Waals surface area (Å²) < 4.78 is 5.92. The molecule has 0 bridgehead atoms. The van der Waals surface area contributed by atoms with Crippen LogP contribution in [0.2, 0.25) is 0 Å². The third-order valence-corrected chi connectivity index (χ3v) is 3.88. The van der Waals surface area contributed by atoms with Crippen LogP contribution in [0.25, 0.3) is 0 Å². The smallest absolute Gasteiger partial charge is 0.189 e. The van der Waals surface area contributed by atoms with Gasteiger partial charge in [0.05, 0.1) is 12.2 Å². The molecule has 1 saturated heterocycles. The summed E-state index contributed by atoms with van der Waals surface area (Å²) >= 11 is 0. The van der Waals surface area contributed by atoms with Crippen LogP contribution in [0.4, 0.5) is 0 Å². The molecule has 0 aromatic rings. The van der Waals surface area contributed by atoms with E-state index in [0.717, 1.165) is 0 Å². The van der Waals surface area contributed by atoms with Crippen molar-refractivity contribution in [2.75, 3.05) is 0 Å². The Morgan fingerprint density at radius 1 is 1.24 bits per heavy atom. The lowest BCUT2D eigenvalue weighted by Crippen LogP contribution is -2.53. The molecule has 98 valence electrons. The van der Waals surface area contributed by atoms with Gasteiger partial charge >= 0.3 is 0 Å². The van der Waals surface area contributed by atoms with Gasteiger partial charge in [0.2, 0.25) is 0 Å². The normalized spacial score (nSPS) is 39.1. The lowest BCUT2D eigenvalue weighted by Gasteiger charge is -2.43. The van der Waals surface area contributed by atoms with Crippen molar-refractivity contribution in [3.8, 4) is 6.07 Å². The van der Waals surface area contributed by atoms with Gasteiger partial charge in [-0.25, -0.2) is 0 Å². The highest BCUT2D eigenvalue weighted by atomic mass is 16.6. The summed E-state index contributed by atoms with van der Waals surface area (Å²) in [7, 11) is 0. The van der Waals surface area contributed by atoms with Gasteiger partial charge < -0.3 is 9.84 Å². The number of nitriles is 1. The molecule has 1 fully saturated rings. The van der Waals surface area contributed by atoms with E-state index in [9.17, 15) is 10.4 Å². The number of ether oxygens (including phenoxy) is 1. The molecule has 0 radical (unpaired) electrons. The fourth-order valence-electron chi connectivity index (χ4n) is 2.50. The van der Waals surface area contributed by atoms with E-state index in [1.807, 2.05) is 20.8 Å². The van der Waals surface area contributed by atoms with Crippen molar-refractivity contribution in [3.05, 3.63) is 0 Å². The van der Waals surface area contributed by atoms with Gasteiger partial charge in [-0.05, 0) is 18.8 Å². The molecular formula is C14H25NO2. The molecule has 0 unspecified atom stereocenters. The Morgan fingerprint density at radius 3 is 1.94 bits per heavy atom. The number of nitrogens with zero attached hydrogens (tertiary/aromatic N) is 1. The lowest BCUT2D eigenvalue weighted by atomic mass is 9.68. The molecule has 0 aromatic heterocycles. The van der Waals surface area contributed by atoms with E-state index < -0.39 is 16.6 Å². The summed E-state index contributed by atoms with van der Waals surface area (Å²) in [6.07, 6.45) is 0.470. The quantitative estimate of drug-likeness (QED) is 0.706. The minimum absolute atomic E-state index is 0.0756. The van der Waals surface area contributed by atoms with Crippen LogP contribution in [-0.2, 0) is 4.74 Å². The van der Waals surface area contributed by atoms with Crippen LogP contribution in [0, 0.1) is 27.6 Å². The third-order valence-electron chi connectivity index (χ3n) is 3.88. The van der Waals surface area contributed by atoms with Crippen molar-refractivity contribution in [2.24, 2.45) is 16.2 Å². The molecule has 0 spiro atoms. The Morgan fingerprint density at radius 2 is 1.71 bits per heavy atom. The average Bonchev–Trinajstić information content (AvgIpc) is 2.40. The Balaban J connectivity index is 3.21. The highest BCUT2D eigenvalue weighted by Gasteiger charge is 2.64. The largest absolute Gasteiger partial charge is 0.364 e. The summed E-state index contributed by atoms with van der Waals surface area (Å²) in [5.41, 5.74) is -1.42. The Kier molecular flexibility index (Phi) is 3.15. The first-order valence-electron chi connectivity index (χ1n) is 6.19. The average molecular weight is 239 g/mol. The molecule has 17 heavy (non-hydrogen) atoms. The predicted octanol–water partition coefficient (Wildman–Crippen LogP) is 3.09. The van der Waals surface area contributed by atoms with Gasteiger partial charge in [-0.1, -0.05) is 41.5 Å². The van der Waals surface area contributed by atoms with Crippen LogP contribution in [0.15, 0.2) is 0 Å². The maximum Gasteiger partial charge on any atom is 0.189 e. The highest BCUT2D eigenvalue weighted by molar-refractivity contribution is 5.14. The van der Waals surface area contributed by atoms with Crippen molar-refractivity contribution < 1.29 is 9.84 Å². The minimum atomic E-state index is -1.40. The first-order chi connectivity index (χ1) is 7.37. The molecular weight excluding hydrogens is 214 g/mol. The molecule has 3 nitrogen and oxygen atoms in total. The summed E-state index contributed by atoms with van der Waals surface area (Å²) in [4.78, 5) is 0. The van der Waals surface area contributed by atoms with Crippen LogP contribution in [0.3, 0.4) is 0 Å². The van der Waals surface area contributed by atoms with E-state index >= 15 is 0 Å². The maximum atomic E-state index is 10.8. The first kappa shape index (κ1) is 14.5. The highest BCUT2D eigenvalue weighted by Crippen LogP contribution is 2.55. The van der Waals surface area contributed by atoms with Crippen molar-refractivity contribution in [1.82, 2.24) is 0 Å². The van der Waals surface area contributed by atoms with Crippen LogP contribution < -0.4 is 0 Å². The zero-order valence-corrected chi connectivity index (χ0v) is 12.1. The second-order valence-corrected chi connectivity index (χ2v) is 7.51. The predicted molar refractivity (Wildman–Crippen MR) is 67.1 cm³/mol. The number of aliphatic hydroxyl groups is 1. The fraction of sp³-hybridized carbons (Fsp3) is 0.929. The molecule has 0 aromatic carbocycles. The number of hydrogen-bond acceptors (Lipinski definition) is 3. The SMILES string of the molecule is CC(C)(C)[C@@H]1C[C@@](C)(C#N)[C@@](O)(C(C)(C)C)O1. The van der Waals surface area contributed by atoms with E-state index in [1.165, 1.54) is 0 Å². The van der Waals surface area contributed by atoms with E-state index in [0.29, 0.717) is 6.42 Å². The van der Waals surface area contributed by atoms with Crippen molar-refractivity contribution >= 4 is 0 Å². The fourth-order valence-corrected chi connectivity index (χ4v) is 2.50. The molecule has 3 atom stereocenters. The van der Waals surface area contributed by atoms with Gasteiger partial charge in [-0.15, -0.1) is 0 Å². The van der Waals surface area contributed by atoms with Crippen LogP contribution in [-0.4, -0.2) is 17.0 Å². The van der Waals surface area contributed by atoms with Crippen molar-refractivity contribution in [1.29, 1.82) is 5.26 Å². The molecule has 1 aliphatic rings. The van der Waals surface area contributed by atoms with Gasteiger partial charge in [0.25, 0.3) is 0 Å². The maximum absolute atomic E-state index is 10.8. The second-order valence-electron chi connectivity index (χ2n) is 7.51. The summed E-state index contributed by atoms with van der Waals surface area (Å²) in [6.45, 7) is 13.7. The minimum Gasteiger partial charge on any atom is -0.364 e. The third kappa shape index (κ3) is 2.09. The monoisotopic (exact) mass is 239 g/mol. The van der Waals surface area contributed by atoms with Crippen LogP contribution >= 0.6 is 0 Å². The molecule has 1 N–H and O–H groups in total. The lowest BCUT2D eigenvalue weighted by molar-refractivity contribution is -0.288. The molecule has 0 amide bonds. The molecule has 1 rings (SSSR count). The number of hydrogen-bond donors (Lipinski definition) is 1. The van der Waals surface area contributed by atoms with Crippen LogP contribution in [0.5, 0.6) is 0 Å². The number of rotatable bonds is 0. The zero-order valence-electron chi connectivity index (χ0n) is 12.1. The topological polar surface area (TPSA) is 53.2 Å². The molecule has 1 heterocycles. The van der Waals surface area contributed by atoms with Crippen molar-refractivity contribution in [3.63, 3.8) is 0 Å².